The summed E-state index contributed by atoms with van der Waals surface area (Å²) in [6.07, 6.45) is 7.06. The second-order valence-corrected chi connectivity index (χ2v) is 5.45. The molecule has 0 aromatic carbocycles. The van der Waals surface area contributed by atoms with E-state index in [-0.39, 0.29) is 6.04 Å². The van der Waals surface area contributed by atoms with Crippen LogP contribution in [0.25, 0.3) is 0 Å². The van der Waals surface area contributed by atoms with Gasteiger partial charge in [-0.3, -0.25) is 0 Å². The van der Waals surface area contributed by atoms with Gasteiger partial charge in [0.25, 0.3) is 0 Å². The van der Waals surface area contributed by atoms with Crippen LogP contribution in [0.1, 0.15) is 49.9 Å². The fourth-order valence-corrected chi connectivity index (χ4v) is 2.90. The highest BCUT2D eigenvalue weighted by Gasteiger charge is 2.22. The zero-order valence-corrected chi connectivity index (χ0v) is 10.8. The monoisotopic (exact) mass is 250 g/mol. The van der Waals surface area contributed by atoms with Crippen molar-refractivity contribution in [2.45, 2.75) is 44.6 Å². The third-order valence-electron chi connectivity index (χ3n) is 4.02. The lowest BCUT2D eigenvalue weighted by atomic mass is 9.94. The Morgan fingerprint density at radius 2 is 2.00 bits per heavy atom. The fraction of sp³-hybridized carbons (Fsp3) is 0.846. The van der Waals surface area contributed by atoms with Gasteiger partial charge in [-0.15, -0.1) is 0 Å². The Morgan fingerprint density at radius 3 is 2.78 bits per heavy atom. The molecule has 1 unspecified atom stereocenters. The Balaban J connectivity index is 1.58. The van der Waals surface area contributed by atoms with Crippen molar-refractivity contribution in [2.75, 3.05) is 19.6 Å². The molecule has 0 aliphatic carbocycles. The number of hydrogen-bond donors (Lipinski definition) is 2. The number of nitrogens with zero attached hydrogens (tertiary/aromatic N) is 2. The van der Waals surface area contributed by atoms with Gasteiger partial charge in [0.1, 0.15) is 0 Å². The van der Waals surface area contributed by atoms with Gasteiger partial charge >= 0.3 is 0 Å². The van der Waals surface area contributed by atoms with Gasteiger partial charge in [-0.2, -0.15) is 4.98 Å². The van der Waals surface area contributed by atoms with Crippen LogP contribution in [-0.2, 0) is 6.42 Å². The Morgan fingerprint density at radius 1 is 1.11 bits per heavy atom. The summed E-state index contributed by atoms with van der Waals surface area (Å²) in [5, 5.41) is 11.0. The summed E-state index contributed by atoms with van der Waals surface area (Å²) in [7, 11) is 0. The van der Waals surface area contributed by atoms with Gasteiger partial charge < -0.3 is 15.2 Å². The number of aromatic nitrogens is 2. The summed E-state index contributed by atoms with van der Waals surface area (Å²) in [6.45, 7) is 3.32. The van der Waals surface area contributed by atoms with Crippen molar-refractivity contribution in [3.63, 3.8) is 0 Å². The first-order valence-electron chi connectivity index (χ1n) is 7.18. The first kappa shape index (κ1) is 12.1. The Labute approximate surface area is 108 Å². The van der Waals surface area contributed by atoms with E-state index in [9.17, 15) is 0 Å². The molecule has 0 bridgehead atoms. The summed E-state index contributed by atoms with van der Waals surface area (Å²) < 4.78 is 5.41. The van der Waals surface area contributed by atoms with Gasteiger partial charge in [0.15, 0.2) is 5.82 Å². The Kier molecular flexibility index (Phi) is 3.90. The van der Waals surface area contributed by atoms with Crippen molar-refractivity contribution in [3.05, 3.63) is 11.7 Å². The fourth-order valence-electron chi connectivity index (χ4n) is 2.90. The molecule has 2 N–H and O–H groups in total. The lowest BCUT2D eigenvalue weighted by molar-refractivity contribution is 0.294. The molecule has 0 saturated carbocycles. The summed E-state index contributed by atoms with van der Waals surface area (Å²) in [5.41, 5.74) is 0. The molecule has 18 heavy (non-hydrogen) atoms. The molecular formula is C13H22N4O. The predicted octanol–water partition coefficient (Wildman–Crippen LogP) is 1.43. The molecule has 1 atom stereocenters. The van der Waals surface area contributed by atoms with E-state index in [4.69, 9.17) is 4.52 Å². The molecule has 0 amide bonds. The highest BCUT2D eigenvalue weighted by atomic mass is 16.5. The van der Waals surface area contributed by atoms with E-state index in [0.717, 1.165) is 50.1 Å². The smallest absolute Gasteiger partial charge is 0.243 e. The van der Waals surface area contributed by atoms with Crippen LogP contribution in [0.4, 0.5) is 0 Å². The molecule has 0 spiro atoms. The Hall–Kier alpha value is -0.940. The van der Waals surface area contributed by atoms with E-state index in [1.165, 1.54) is 25.7 Å². The van der Waals surface area contributed by atoms with Gasteiger partial charge in [0.05, 0.1) is 6.04 Å². The van der Waals surface area contributed by atoms with E-state index in [1.807, 2.05) is 0 Å². The normalized spacial score (nSPS) is 26.3. The van der Waals surface area contributed by atoms with Crippen LogP contribution in [0.15, 0.2) is 4.52 Å². The third kappa shape index (κ3) is 2.90. The molecule has 2 aliphatic heterocycles. The van der Waals surface area contributed by atoms with Crippen molar-refractivity contribution in [2.24, 2.45) is 5.92 Å². The van der Waals surface area contributed by atoms with Gasteiger partial charge in [-0.05, 0) is 51.2 Å². The summed E-state index contributed by atoms with van der Waals surface area (Å²) in [5.74, 6) is 2.40. The number of rotatable bonds is 3. The molecule has 3 heterocycles. The minimum absolute atomic E-state index is 0.285. The van der Waals surface area contributed by atoms with Crippen molar-refractivity contribution in [1.82, 2.24) is 20.8 Å². The molecule has 2 saturated heterocycles. The van der Waals surface area contributed by atoms with E-state index < -0.39 is 0 Å². The molecule has 2 fully saturated rings. The van der Waals surface area contributed by atoms with E-state index in [2.05, 4.69) is 20.8 Å². The average Bonchev–Trinajstić information content (AvgIpc) is 2.89. The van der Waals surface area contributed by atoms with Gasteiger partial charge in [0.2, 0.25) is 5.89 Å². The minimum atomic E-state index is 0.285. The van der Waals surface area contributed by atoms with E-state index in [0.29, 0.717) is 0 Å². The van der Waals surface area contributed by atoms with Gasteiger partial charge in [-0.1, -0.05) is 11.6 Å². The number of hydrogen-bond acceptors (Lipinski definition) is 5. The maximum atomic E-state index is 5.41. The average molecular weight is 250 g/mol. The van der Waals surface area contributed by atoms with Crippen molar-refractivity contribution in [1.29, 1.82) is 0 Å². The molecule has 1 aromatic rings. The van der Waals surface area contributed by atoms with Crippen LogP contribution in [0.3, 0.4) is 0 Å². The van der Waals surface area contributed by atoms with E-state index >= 15 is 0 Å². The van der Waals surface area contributed by atoms with Crippen LogP contribution in [0.5, 0.6) is 0 Å². The molecule has 0 radical (unpaired) electrons. The molecule has 2 aliphatic rings. The van der Waals surface area contributed by atoms with Crippen molar-refractivity contribution in [3.8, 4) is 0 Å². The second-order valence-electron chi connectivity index (χ2n) is 5.45. The Bertz CT molecular complexity index is 367. The van der Waals surface area contributed by atoms with Crippen LogP contribution < -0.4 is 10.6 Å². The van der Waals surface area contributed by atoms with Crippen LogP contribution in [0.2, 0.25) is 0 Å². The standard InChI is InChI=1S/C13H22N4O/c1-2-6-15-11(3-1)13-16-12(17-18-13)9-10-4-7-14-8-5-10/h10-11,14-15H,1-9H2. The maximum Gasteiger partial charge on any atom is 0.243 e. The molecule has 3 rings (SSSR count). The lowest BCUT2D eigenvalue weighted by Gasteiger charge is -2.21. The minimum Gasteiger partial charge on any atom is -0.338 e. The third-order valence-corrected chi connectivity index (χ3v) is 4.02. The number of nitrogens with one attached hydrogen (secondary N) is 2. The van der Waals surface area contributed by atoms with Crippen LogP contribution >= 0.6 is 0 Å². The quantitative estimate of drug-likeness (QED) is 0.849. The second kappa shape index (κ2) is 5.80. The van der Waals surface area contributed by atoms with Crippen LogP contribution in [-0.4, -0.2) is 29.8 Å². The SMILES string of the molecule is C1CCC(c2nc(CC3CCNCC3)no2)NC1. The number of piperidine rings is 2. The highest BCUT2D eigenvalue weighted by Crippen LogP contribution is 2.22. The first-order valence-corrected chi connectivity index (χ1v) is 7.18. The first-order chi connectivity index (χ1) is 8.92. The molecular weight excluding hydrogens is 228 g/mol. The predicted molar refractivity (Wildman–Crippen MR) is 68.2 cm³/mol. The van der Waals surface area contributed by atoms with Crippen molar-refractivity contribution < 1.29 is 4.52 Å². The highest BCUT2D eigenvalue weighted by molar-refractivity contribution is 4.95. The zero-order valence-electron chi connectivity index (χ0n) is 10.8. The van der Waals surface area contributed by atoms with Gasteiger partial charge in [-0.25, -0.2) is 0 Å². The largest absolute Gasteiger partial charge is 0.338 e. The summed E-state index contributed by atoms with van der Waals surface area (Å²) >= 11 is 0. The maximum absolute atomic E-state index is 5.41. The molecule has 5 heteroatoms. The van der Waals surface area contributed by atoms with E-state index in [1.54, 1.807) is 0 Å². The molecule has 100 valence electrons. The van der Waals surface area contributed by atoms with Crippen LogP contribution in [0, 0.1) is 5.92 Å². The van der Waals surface area contributed by atoms with Gasteiger partial charge in [0, 0.05) is 6.42 Å². The molecule has 5 nitrogen and oxygen atoms in total. The summed E-state index contributed by atoms with van der Waals surface area (Å²) in [6, 6.07) is 0.285. The van der Waals surface area contributed by atoms with Crippen molar-refractivity contribution >= 4 is 0 Å². The lowest BCUT2D eigenvalue weighted by Crippen LogP contribution is -2.29. The summed E-state index contributed by atoms with van der Waals surface area (Å²) in [4.78, 5) is 4.57. The molecule has 1 aromatic heterocycles. The topological polar surface area (TPSA) is 63.0 Å². The zero-order chi connectivity index (χ0) is 12.2.